The van der Waals surface area contributed by atoms with Crippen LogP contribution in [0.15, 0.2) is 36.4 Å². The van der Waals surface area contributed by atoms with Crippen molar-refractivity contribution in [3.63, 3.8) is 0 Å². The highest BCUT2D eigenvalue weighted by Crippen LogP contribution is 2.37. The fourth-order valence-corrected chi connectivity index (χ4v) is 4.01. The van der Waals surface area contributed by atoms with Gasteiger partial charge in [0, 0.05) is 30.8 Å². The third-order valence-electron chi connectivity index (χ3n) is 5.49. The minimum absolute atomic E-state index is 0.0480. The average Bonchev–Trinajstić information content (AvgIpc) is 3.04. The van der Waals surface area contributed by atoms with Crippen LogP contribution in [-0.4, -0.2) is 19.6 Å². The Hall–Kier alpha value is -2.33. The van der Waals surface area contributed by atoms with Crippen LogP contribution >= 0.6 is 0 Å². The highest BCUT2D eigenvalue weighted by molar-refractivity contribution is 5.93. The smallest absolute Gasteiger partial charge is 0.251 e. The van der Waals surface area contributed by atoms with E-state index in [1.54, 1.807) is 7.05 Å². The van der Waals surface area contributed by atoms with Crippen LogP contribution in [0.2, 0.25) is 0 Å². The number of fused-ring (bicyclic) bond motifs is 2. The van der Waals surface area contributed by atoms with Crippen LogP contribution in [0.4, 0.5) is 0 Å². The minimum atomic E-state index is -0.0480. The maximum Gasteiger partial charge on any atom is 0.251 e. The van der Waals surface area contributed by atoms with Gasteiger partial charge in [0.25, 0.3) is 5.91 Å². The second-order valence-corrected chi connectivity index (χ2v) is 7.21. The summed E-state index contributed by atoms with van der Waals surface area (Å²) in [6.45, 7) is 1.58. The summed E-state index contributed by atoms with van der Waals surface area (Å²) in [5.74, 6) is 1.02. The molecule has 4 rings (SSSR count). The van der Waals surface area contributed by atoms with Crippen LogP contribution in [0.25, 0.3) is 0 Å². The molecule has 0 saturated heterocycles. The predicted molar refractivity (Wildman–Crippen MR) is 103 cm³/mol. The lowest BCUT2D eigenvalue weighted by atomic mass is 9.97. The molecule has 0 aromatic heterocycles. The molecule has 2 aliphatic rings. The molecule has 2 aromatic carbocycles. The molecule has 1 atom stereocenters. The molecule has 4 nitrogen and oxygen atoms in total. The molecule has 0 fully saturated rings. The van der Waals surface area contributed by atoms with Crippen molar-refractivity contribution in [3.05, 3.63) is 64.2 Å². The van der Waals surface area contributed by atoms with Crippen molar-refractivity contribution in [1.82, 2.24) is 10.6 Å². The van der Waals surface area contributed by atoms with Gasteiger partial charge in [0.15, 0.2) is 0 Å². The van der Waals surface area contributed by atoms with E-state index in [1.165, 1.54) is 41.5 Å². The van der Waals surface area contributed by atoms with Crippen molar-refractivity contribution in [3.8, 4) is 5.75 Å². The van der Waals surface area contributed by atoms with Crippen molar-refractivity contribution in [1.29, 1.82) is 0 Å². The van der Waals surface area contributed by atoms with Crippen LogP contribution in [-0.2, 0) is 19.4 Å². The number of hydrogen-bond donors (Lipinski definition) is 2. The molecule has 26 heavy (non-hydrogen) atoms. The zero-order valence-electron chi connectivity index (χ0n) is 15.3. The maximum absolute atomic E-state index is 11.7. The monoisotopic (exact) mass is 350 g/mol. The van der Waals surface area contributed by atoms with Crippen LogP contribution in [0.5, 0.6) is 5.75 Å². The number of ether oxygens (including phenoxy) is 1. The van der Waals surface area contributed by atoms with Gasteiger partial charge >= 0.3 is 0 Å². The van der Waals surface area contributed by atoms with Crippen molar-refractivity contribution in [2.24, 2.45) is 0 Å². The second kappa shape index (κ2) is 7.50. The molecule has 0 saturated carbocycles. The molecule has 1 amide bonds. The summed E-state index contributed by atoms with van der Waals surface area (Å²) in [4.78, 5) is 11.7. The molecule has 1 aliphatic carbocycles. The van der Waals surface area contributed by atoms with Crippen LogP contribution in [0, 0.1) is 0 Å². The van der Waals surface area contributed by atoms with Gasteiger partial charge in [0.05, 0.1) is 6.61 Å². The first-order valence-corrected chi connectivity index (χ1v) is 9.57. The van der Waals surface area contributed by atoms with Gasteiger partial charge in [-0.05, 0) is 67.0 Å². The number of carbonyl (C=O) groups excluding carboxylic acids is 1. The first kappa shape index (κ1) is 17.1. The van der Waals surface area contributed by atoms with E-state index < -0.39 is 0 Å². The van der Waals surface area contributed by atoms with Gasteiger partial charge in [0.1, 0.15) is 5.75 Å². The number of rotatable bonds is 4. The topological polar surface area (TPSA) is 50.4 Å². The number of carbonyl (C=O) groups is 1. The molecule has 1 heterocycles. The van der Waals surface area contributed by atoms with Crippen LogP contribution in [0.1, 0.15) is 57.9 Å². The largest absolute Gasteiger partial charge is 0.493 e. The summed E-state index contributed by atoms with van der Waals surface area (Å²) in [6.07, 6.45) is 5.78. The lowest BCUT2D eigenvalue weighted by Crippen LogP contribution is -2.21. The lowest BCUT2D eigenvalue weighted by Gasteiger charge is -2.20. The van der Waals surface area contributed by atoms with Gasteiger partial charge in [-0.15, -0.1) is 0 Å². The molecule has 2 N–H and O–H groups in total. The third-order valence-corrected chi connectivity index (χ3v) is 5.49. The molecule has 1 aliphatic heterocycles. The number of hydrogen-bond acceptors (Lipinski definition) is 3. The molecule has 136 valence electrons. The van der Waals surface area contributed by atoms with E-state index in [0.29, 0.717) is 11.6 Å². The van der Waals surface area contributed by atoms with Crippen molar-refractivity contribution in [2.45, 2.75) is 44.7 Å². The Kier molecular flexibility index (Phi) is 4.93. The summed E-state index contributed by atoms with van der Waals surface area (Å²) >= 11 is 0. The fourth-order valence-electron chi connectivity index (χ4n) is 4.01. The van der Waals surface area contributed by atoms with Gasteiger partial charge < -0.3 is 15.4 Å². The SMILES string of the molecule is CNC(=O)c1ccc(CNC2CCCOc3cc4c(cc32)CCC4)cc1. The average molecular weight is 350 g/mol. The highest BCUT2D eigenvalue weighted by Gasteiger charge is 2.23. The number of benzene rings is 2. The fraction of sp³-hybridized carbons (Fsp3) is 0.409. The van der Waals surface area contributed by atoms with Gasteiger partial charge in [-0.3, -0.25) is 4.79 Å². The highest BCUT2D eigenvalue weighted by atomic mass is 16.5. The predicted octanol–water partition coefficient (Wildman–Crippen LogP) is 3.54. The molecule has 0 bridgehead atoms. The maximum atomic E-state index is 11.7. The van der Waals surface area contributed by atoms with Gasteiger partial charge in [-0.2, -0.15) is 0 Å². The van der Waals surface area contributed by atoms with Crippen molar-refractivity contribution >= 4 is 5.91 Å². The summed E-state index contributed by atoms with van der Waals surface area (Å²) in [6, 6.07) is 12.8. The first-order valence-electron chi connectivity index (χ1n) is 9.57. The van der Waals surface area contributed by atoms with Crippen molar-refractivity contribution < 1.29 is 9.53 Å². The Bertz CT molecular complexity index is 799. The summed E-state index contributed by atoms with van der Waals surface area (Å²) < 4.78 is 6.03. The molecule has 1 unspecified atom stereocenters. The molecule has 2 aromatic rings. The van der Waals surface area contributed by atoms with Gasteiger partial charge in [-0.1, -0.05) is 18.2 Å². The molecule has 0 radical (unpaired) electrons. The van der Waals surface area contributed by atoms with Crippen LogP contribution in [0.3, 0.4) is 0 Å². The molecule has 4 heteroatoms. The Labute approximate surface area is 155 Å². The Balaban J connectivity index is 1.49. The number of aryl methyl sites for hydroxylation is 2. The summed E-state index contributed by atoms with van der Waals surface area (Å²) in [7, 11) is 1.65. The van der Waals surface area contributed by atoms with E-state index in [2.05, 4.69) is 22.8 Å². The summed E-state index contributed by atoms with van der Waals surface area (Å²) in [5, 5.41) is 6.36. The van der Waals surface area contributed by atoms with E-state index in [1.807, 2.05) is 24.3 Å². The number of amides is 1. The Morgan fingerprint density at radius 2 is 1.88 bits per heavy atom. The van der Waals surface area contributed by atoms with E-state index in [4.69, 9.17) is 4.74 Å². The zero-order valence-corrected chi connectivity index (χ0v) is 15.3. The van der Waals surface area contributed by atoms with Crippen molar-refractivity contribution in [2.75, 3.05) is 13.7 Å². The van der Waals surface area contributed by atoms with E-state index >= 15 is 0 Å². The van der Waals surface area contributed by atoms with E-state index in [0.717, 1.165) is 31.7 Å². The second-order valence-electron chi connectivity index (χ2n) is 7.21. The lowest BCUT2D eigenvalue weighted by molar-refractivity contribution is 0.0963. The molecular formula is C22H26N2O2. The van der Waals surface area contributed by atoms with Gasteiger partial charge in [-0.25, -0.2) is 0 Å². The quantitative estimate of drug-likeness (QED) is 0.887. The van der Waals surface area contributed by atoms with Gasteiger partial charge in [0.2, 0.25) is 0 Å². The standard InChI is InChI=1S/C22H26N2O2/c1-23-22(25)16-9-7-15(8-10-16)14-24-20-6-3-11-26-21-13-18-5-2-4-17(18)12-19(20)21/h7-10,12-13,20,24H,2-6,11,14H2,1H3,(H,23,25). The van der Waals surface area contributed by atoms with E-state index in [-0.39, 0.29) is 5.91 Å². The minimum Gasteiger partial charge on any atom is -0.493 e. The number of nitrogens with one attached hydrogen (secondary N) is 2. The van der Waals surface area contributed by atoms with E-state index in [9.17, 15) is 4.79 Å². The zero-order chi connectivity index (χ0) is 17.9. The Morgan fingerprint density at radius 3 is 2.65 bits per heavy atom. The third kappa shape index (κ3) is 3.47. The van der Waals surface area contributed by atoms with Crippen LogP contribution < -0.4 is 15.4 Å². The normalized spacial score (nSPS) is 18.4. The Morgan fingerprint density at radius 1 is 1.12 bits per heavy atom. The molecular weight excluding hydrogens is 324 g/mol. The summed E-state index contributed by atoms with van der Waals surface area (Å²) in [5.41, 5.74) is 6.15. The first-order chi connectivity index (χ1) is 12.7. The molecule has 0 spiro atoms.